The second-order valence-corrected chi connectivity index (χ2v) is 26.9. The van der Waals surface area contributed by atoms with Gasteiger partial charge in [0.1, 0.15) is 0 Å². The van der Waals surface area contributed by atoms with Crippen LogP contribution in [0.4, 0.5) is 0 Å². The summed E-state index contributed by atoms with van der Waals surface area (Å²) in [6, 6.07) is 79.0. The fourth-order valence-electron chi connectivity index (χ4n) is 15.1. The predicted octanol–water partition coefficient (Wildman–Crippen LogP) is 22.4. The zero-order valence-electron chi connectivity index (χ0n) is 44.4. The Kier molecular flexibility index (Phi) is 9.05. The van der Waals surface area contributed by atoms with Gasteiger partial charge in [0.25, 0.3) is 0 Å². The number of hydrogen-bond acceptors (Lipinski definition) is 3. The van der Waals surface area contributed by atoms with Crippen LogP contribution in [0.25, 0.3) is 138 Å². The third kappa shape index (κ3) is 5.84. The summed E-state index contributed by atoms with van der Waals surface area (Å²) in [5, 5.41) is 8.00. The lowest BCUT2D eigenvalue weighted by Crippen LogP contribution is -2.22. The first-order chi connectivity index (χ1) is 38.0. The molecule has 0 N–H and O–H groups in total. The fraction of sp³-hybridized carbons (Fsp3) is 0.120. The lowest BCUT2D eigenvalue weighted by Gasteiger charge is -2.31. The number of fused-ring (bicyclic) bond motifs is 21. The summed E-state index contributed by atoms with van der Waals surface area (Å²) < 4.78 is 8.08. The molecule has 0 saturated heterocycles. The van der Waals surface area contributed by atoms with Gasteiger partial charge in [0.15, 0.2) is 0 Å². The highest BCUT2D eigenvalue weighted by Gasteiger charge is 2.52. The van der Waals surface area contributed by atoms with Crippen molar-refractivity contribution in [3.05, 3.63) is 240 Å². The molecule has 3 heterocycles. The lowest BCUT2D eigenvalue weighted by atomic mass is 9.71. The lowest BCUT2D eigenvalue weighted by molar-refractivity contribution is 0.636. The molecule has 3 heteroatoms. The van der Waals surface area contributed by atoms with Crippen LogP contribution >= 0.6 is 34.0 Å². The minimum Gasteiger partial charge on any atom is -0.135 e. The normalized spacial score (nSPS) is 15.1. The molecule has 370 valence electrons. The first-order valence-electron chi connectivity index (χ1n) is 27.5. The Balaban J connectivity index is 0.946. The molecule has 0 bridgehead atoms. The molecule has 0 spiro atoms. The highest BCUT2D eigenvalue weighted by atomic mass is 32.1. The van der Waals surface area contributed by atoms with Crippen molar-refractivity contribution in [2.24, 2.45) is 0 Å². The van der Waals surface area contributed by atoms with Gasteiger partial charge in [-0.15, -0.1) is 34.0 Å². The van der Waals surface area contributed by atoms with Crippen LogP contribution in [0.3, 0.4) is 0 Å². The summed E-state index contributed by atoms with van der Waals surface area (Å²) >= 11 is 5.80. The van der Waals surface area contributed by atoms with Crippen LogP contribution in [-0.2, 0) is 16.2 Å². The van der Waals surface area contributed by atoms with E-state index in [1.807, 2.05) is 34.0 Å². The molecule has 3 aliphatic rings. The quantitative estimate of drug-likeness (QED) is 0.165. The Morgan fingerprint density at radius 2 is 0.551 bits per heavy atom. The van der Waals surface area contributed by atoms with Gasteiger partial charge in [-0.2, -0.15) is 0 Å². The molecule has 0 fully saturated rings. The van der Waals surface area contributed by atoms with Crippen molar-refractivity contribution in [2.75, 3.05) is 0 Å². The van der Waals surface area contributed by atoms with E-state index in [4.69, 9.17) is 0 Å². The third-order valence-corrected chi connectivity index (χ3v) is 22.3. The van der Waals surface area contributed by atoms with E-state index in [0.29, 0.717) is 0 Å². The first kappa shape index (κ1) is 45.1. The van der Waals surface area contributed by atoms with Gasteiger partial charge in [0.05, 0.1) is 0 Å². The van der Waals surface area contributed by atoms with Crippen molar-refractivity contribution in [3.63, 3.8) is 0 Å². The second kappa shape index (κ2) is 15.6. The number of rotatable bonds is 4. The van der Waals surface area contributed by atoms with Gasteiger partial charge >= 0.3 is 0 Å². The molecule has 78 heavy (non-hydrogen) atoms. The zero-order valence-corrected chi connectivity index (χ0v) is 46.8. The van der Waals surface area contributed by atoms with Crippen LogP contribution in [0.5, 0.6) is 0 Å². The Morgan fingerprint density at radius 3 is 0.936 bits per heavy atom. The Hall–Kier alpha value is -7.92. The smallest absolute Gasteiger partial charge is 0.0434 e. The fourth-order valence-corrected chi connectivity index (χ4v) is 18.9. The van der Waals surface area contributed by atoms with Gasteiger partial charge in [-0.25, -0.2) is 0 Å². The summed E-state index contributed by atoms with van der Waals surface area (Å²) in [6.45, 7) is 15.1. The second-order valence-electron chi connectivity index (χ2n) is 23.8. The van der Waals surface area contributed by atoms with Crippen LogP contribution in [-0.4, -0.2) is 0 Å². The molecular weight excluding hydrogens is 997 g/mol. The molecular formula is C75H52S3. The van der Waals surface area contributed by atoms with Gasteiger partial charge in [-0.3, -0.25) is 0 Å². The topological polar surface area (TPSA) is 0 Å². The van der Waals surface area contributed by atoms with Crippen LogP contribution in [0.2, 0.25) is 0 Å². The minimum absolute atomic E-state index is 0.281. The van der Waals surface area contributed by atoms with E-state index < -0.39 is 0 Å². The highest BCUT2D eigenvalue weighted by Crippen LogP contribution is 2.68. The van der Waals surface area contributed by atoms with E-state index >= 15 is 0 Å². The van der Waals surface area contributed by atoms with Crippen molar-refractivity contribution >= 4 is 94.5 Å². The Morgan fingerprint density at radius 1 is 0.244 bits per heavy atom. The molecule has 0 aliphatic heterocycles. The van der Waals surface area contributed by atoms with E-state index in [1.54, 1.807) is 0 Å². The number of thiophene rings is 3. The van der Waals surface area contributed by atoms with Gasteiger partial charge < -0.3 is 0 Å². The molecule has 0 radical (unpaired) electrons. The largest absolute Gasteiger partial charge is 0.135 e. The van der Waals surface area contributed by atoms with Gasteiger partial charge in [0, 0.05) is 76.8 Å². The van der Waals surface area contributed by atoms with Crippen molar-refractivity contribution < 1.29 is 0 Å². The summed E-state index contributed by atoms with van der Waals surface area (Å²) in [5.41, 5.74) is 26.6. The van der Waals surface area contributed by atoms with E-state index in [0.717, 1.165) is 0 Å². The van der Waals surface area contributed by atoms with Crippen molar-refractivity contribution in [1.82, 2.24) is 0 Å². The van der Waals surface area contributed by atoms with E-state index in [9.17, 15) is 0 Å². The predicted molar refractivity (Wildman–Crippen MR) is 340 cm³/mol. The van der Waals surface area contributed by atoms with E-state index in [1.165, 1.54) is 172 Å². The Bertz CT molecular complexity index is 4840. The Labute approximate surface area is 466 Å². The maximum Gasteiger partial charge on any atom is 0.0434 e. The molecule has 3 aromatic heterocycles. The molecule has 0 nitrogen and oxygen atoms in total. The number of benzene rings is 11. The molecule has 3 aliphatic carbocycles. The summed E-state index contributed by atoms with van der Waals surface area (Å²) in [6.07, 6.45) is 0. The van der Waals surface area contributed by atoms with E-state index in [2.05, 4.69) is 248 Å². The van der Waals surface area contributed by atoms with Crippen molar-refractivity contribution in [2.45, 2.75) is 57.8 Å². The molecule has 0 unspecified atom stereocenters. The summed E-state index contributed by atoms with van der Waals surface area (Å²) in [5.74, 6) is 0. The standard InChI is InChI=1S/C75H52S3/c1-73(2)58-35-32-42(46-23-15-26-51-49-20-10-12-30-61(49)76-69(46)51)38-55(58)64-66(73)63-56-39-43(47-24-16-27-52-50-21-11-13-31-62(50)77-70(47)52)33-36-59(56)74(3,4)67(63)65-57-40-44(34-37-60(57)75(5,6)68(64)65)48-25-17-29-54-53-28-14-22-45(71(53)78-72(48)54)41-18-8-7-9-19-41/h7-40H,1-6H3. The average molecular weight is 1050 g/mol. The maximum atomic E-state index is 2.60. The molecule has 17 rings (SSSR count). The maximum absolute atomic E-state index is 2.60. The van der Waals surface area contributed by atoms with Crippen LogP contribution < -0.4 is 0 Å². The van der Waals surface area contributed by atoms with Gasteiger partial charge in [-0.1, -0.05) is 217 Å². The molecule has 0 atom stereocenters. The third-order valence-electron chi connectivity index (χ3n) is 18.6. The van der Waals surface area contributed by atoms with Crippen LogP contribution in [0.1, 0.15) is 74.9 Å². The SMILES string of the molecule is CC1(C)c2ccc(-c3cccc4c3sc3ccccc34)cc2-c2c1c1c(c3c2C(C)(C)c2ccc(-c4cccc5c4sc4c(-c6ccccc6)cccc45)cc2-3)C(C)(C)c2ccc(-c3cccc4c3sc3ccccc34)cc2-1. The summed E-state index contributed by atoms with van der Waals surface area (Å²) in [7, 11) is 0. The number of hydrogen-bond donors (Lipinski definition) is 0. The summed E-state index contributed by atoms with van der Waals surface area (Å²) in [4.78, 5) is 0. The highest BCUT2D eigenvalue weighted by molar-refractivity contribution is 7.27. The van der Waals surface area contributed by atoms with Crippen LogP contribution in [0.15, 0.2) is 206 Å². The molecule has 0 amide bonds. The van der Waals surface area contributed by atoms with Crippen molar-refractivity contribution in [1.29, 1.82) is 0 Å². The monoisotopic (exact) mass is 1050 g/mol. The minimum atomic E-state index is -0.289. The van der Waals surface area contributed by atoms with E-state index in [-0.39, 0.29) is 16.2 Å². The average Bonchev–Trinajstić information content (AvgIpc) is 3.42. The zero-order chi connectivity index (χ0) is 52.1. The van der Waals surface area contributed by atoms with Gasteiger partial charge in [0.2, 0.25) is 0 Å². The first-order valence-corrected chi connectivity index (χ1v) is 29.9. The van der Waals surface area contributed by atoms with Crippen LogP contribution in [0, 0.1) is 0 Å². The van der Waals surface area contributed by atoms with Crippen molar-refractivity contribution in [3.8, 4) is 77.9 Å². The van der Waals surface area contributed by atoms with Gasteiger partial charge in [-0.05, 0) is 142 Å². The molecule has 11 aromatic carbocycles. The molecule has 14 aromatic rings. The molecule has 0 saturated carbocycles.